The third-order valence-corrected chi connectivity index (χ3v) is 4.13. The van der Waals surface area contributed by atoms with E-state index >= 15 is 0 Å². The number of Topliss-reactive ketones (excluding diaryl/α,β-unsaturated/α-hetero) is 1. The molecule has 0 fully saturated rings. The Kier molecular flexibility index (Phi) is 6.69. The molecule has 28 heavy (non-hydrogen) atoms. The van der Waals surface area contributed by atoms with Crippen LogP contribution in [0, 0.1) is 0 Å². The first-order valence-corrected chi connectivity index (χ1v) is 8.57. The number of carbonyl (C=O) groups is 5. The van der Waals surface area contributed by atoms with Gasteiger partial charge in [-0.3, -0.25) is 24.1 Å². The normalized spacial score (nSPS) is 13.9. The van der Waals surface area contributed by atoms with E-state index in [9.17, 15) is 24.0 Å². The molecular weight excluding hydrogens is 372 g/mol. The van der Waals surface area contributed by atoms with E-state index in [2.05, 4.69) is 5.32 Å². The molecule has 2 rings (SSSR count). The molecule has 0 aromatic heterocycles. The second-order valence-corrected chi connectivity index (χ2v) is 6.12. The van der Waals surface area contributed by atoms with Crippen LogP contribution in [0.2, 0.25) is 0 Å². The van der Waals surface area contributed by atoms with E-state index in [0.29, 0.717) is 11.3 Å². The molecule has 0 saturated carbocycles. The maximum absolute atomic E-state index is 12.3. The largest absolute Gasteiger partial charge is 0.482 e. The second-order valence-electron chi connectivity index (χ2n) is 6.12. The molecule has 0 aliphatic carbocycles. The first-order valence-electron chi connectivity index (χ1n) is 8.57. The molecule has 0 radical (unpaired) electrons. The van der Waals surface area contributed by atoms with Crippen LogP contribution < -0.4 is 15.0 Å². The minimum absolute atomic E-state index is 0.148. The van der Waals surface area contributed by atoms with Crippen molar-refractivity contribution in [2.75, 3.05) is 18.1 Å². The van der Waals surface area contributed by atoms with Gasteiger partial charge < -0.3 is 20.3 Å². The van der Waals surface area contributed by atoms with Crippen molar-refractivity contribution in [3.63, 3.8) is 0 Å². The van der Waals surface area contributed by atoms with Crippen LogP contribution in [-0.4, -0.2) is 58.9 Å². The number of aliphatic carboxylic acids is 2. The molecule has 10 heteroatoms. The van der Waals surface area contributed by atoms with Crippen molar-refractivity contribution in [1.82, 2.24) is 5.32 Å². The average Bonchev–Trinajstić information content (AvgIpc) is 2.65. The van der Waals surface area contributed by atoms with E-state index in [1.165, 1.54) is 12.1 Å². The summed E-state index contributed by atoms with van der Waals surface area (Å²) in [5.74, 6) is -3.69. The maximum atomic E-state index is 12.3. The van der Waals surface area contributed by atoms with Crippen molar-refractivity contribution in [1.29, 1.82) is 0 Å². The topological polar surface area (TPSA) is 150 Å². The van der Waals surface area contributed by atoms with E-state index < -0.39 is 42.8 Å². The summed E-state index contributed by atoms with van der Waals surface area (Å²) in [6, 6.07) is 3.14. The van der Waals surface area contributed by atoms with Crippen molar-refractivity contribution in [3.8, 4) is 5.75 Å². The van der Waals surface area contributed by atoms with Crippen LogP contribution in [0.5, 0.6) is 5.75 Å². The highest BCUT2D eigenvalue weighted by molar-refractivity contribution is 6.04. The molecule has 10 nitrogen and oxygen atoms in total. The van der Waals surface area contributed by atoms with Gasteiger partial charge in [0.25, 0.3) is 5.91 Å². The lowest BCUT2D eigenvalue weighted by Gasteiger charge is -2.29. The second kappa shape index (κ2) is 8.98. The van der Waals surface area contributed by atoms with Gasteiger partial charge in [-0.1, -0.05) is 6.92 Å². The third kappa shape index (κ3) is 5.06. The summed E-state index contributed by atoms with van der Waals surface area (Å²) < 4.78 is 5.31. The molecule has 1 aliphatic heterocycles. The zero-order valence-corrected chi connectivity index (χ0v) is 15.1. The smallest absolute Gasteiger partial charge is 0.326 e. The number of carboxylic acids is 2. The zero-order chi connectivity index (χ0) is 20.8. The lowest BCUT2D eigenvalue weighted by atomic mass is 10.1. The van der Waals surface area contributed by atoms with Crippen LogP contribution in [0.25, 0.3) is 0 Å². The van der Waals surface area contributed by atoms with Gasteiger partial charge in [0.05, 0.1) is 5.69 Å². The van der Waals surface area contributed by atoms with Crippen molar-refractivity contribution in [3.05, 3.63) is 23.8 Å². The minimum atomic E-state index is -1.40. The van der Waals surface area contributed by atoms with Gasteiger partial charge in [-0.05, 0) is 24.6 Å². The predicted octanol–water partition coefficient (Wildman–Crippen LogP) is 0.439. The van der Waals surface area contributed by atoms with Crippen LogP contribution in [0.4, 0.5) is 5.69 Å². The van der Waals surface area contributed by atoms with E-state index in [1.807, 2.05) is 0 Å². The molecule has 1 aromatic rings. The molecule has 150 valence electrons. The Hall–Kier alpha value is -3.43. The monoisotopic (exact) mass is 392 g/mol. The SMILES string of the molecule is CCC(=O)c1ccc2c(c1)N(CC(=O)NC(CCC(=O)O)C(=O)O)C(=O)CO2. The van der Waals surface area contributed by atoms with Gasteiger partial charge in [0.2, 0.25) is 5.91 Å². The number of rotatable bonds is 9. The summed E-state index contributed by atoms with van der Waals surface area (Å²) in [6.45, 7) is 0.899. The number of carbonyl (C=O) groups excluding carboxylic acids is 3. The summed E-state index contributed by atoms with van der Waals surface area (Å²) in [6.07, 6.45) is -0.462. The number of hydrogen-bond donors (Lipinski definition) is 3. The minimum Gasteiger partial charge on any atom is -0.482 e. The first-order chi connectivity index (χ1) is 13.2. The first kappa shape index (κ1) is 20.9. The zero-order valence-electron chi connectivity index (χ0n) is 15.1. The summed E-state index contributed by atoms with van der Waals surface area (Å²) in [4.78, 5) is 59.4. The number of nitrogens with zero attached hydrogens (tertiary/aromatic N) is 1. The Morgan fingerprint density at radius 1 is 1.25 bits per heavy atom. The highest BCUT2D eigenvalue weighted by Gasteiger charge is 2.29. The number of nitrogens with one attached hydrogen (secondary N) is 1. The number of hydrogen-bond acceptors (Lipinski definition) is 6. The molecule has 2 amide bonds. The van der Waals surface area contributed by atoms with Crippen LogP contribution >= 0.6 is 0 Å². The van der Waals surface area contributed by atoms with Crippen LogP contribution in [0.15, 0.2) is 18.2 Å². The molecule has 3 N–H and O–H groups in total. The third-order valence-electron chi connectivity index (χ3n) is 4.13. The number of fused-ring (bicyclic) bond motifs is 1. The number of anilines is 1. The van der Waals surface area contributed by atoms with Crippen LogP contribution in [0.1, 0.15) is 36.5 Å². The number of amides is 2. The fourth-order valence-corrected chi connectivity index (χ4v) is 2.66. The van der Waals surface area contributed by atoms with Gasteiger partial charge >= 0.3 is 11.9 Å². The predicted molar refractivity (Wildman–Crippen MR) is 95.3 cm³/mol. The maximum Gasteiger partial charge on any atom is 0.326 e. The molecule has 1 heterocycles. The fourth-order valence-electron chi connectivity index (χ4n) is 2.66. The molecule has 1 aromatic carbocycles. The fraction of sp³-hybridized carbons (Fsp3) is 0.389. The molecule has 0 bridgehead atoms. The number of benzene rings is 1. The van der Waals surface area contributed by atoms with Gasteiger partial charge in [0.1, 0.15) is 18.3 Å². The van der Waals surface area contributed by atoms with Crippen molar-refractivity contribution < 1.29 is 38.9 Å². The molecule has 0 saturated heterocycles. The summed E-state index contributed by atoms with van der Waals surface area (Å²) in [7, 11) is 0. The Morgan fingerprint density at radius 3 is 2.57 bits per heavy atom. The highest BCUT2D eigenvalue weighted by atomic mass is 16.5. The Labute approximate surface area is 160 Å². The van der Waals surface area contributed by atoms with E-state index in [1.54, 1.807) is 13.0 Å². The number of ether oxygens (including phenoxy) is 1. The molecular formula is C18H20N2O8. The molecule has 1 aliphatic rings. The highest BCUT2D eigenvalue weighted by Crippen LogP contribution is 2.33. The van der Waals surface area contributed by atoms with Crippen LogP contribution in [-0.2, 0) is 19.2 Å². The van der Waals surface area contributed by atoms with Gasteiger partial charge in [-0.15, -0.1) is 0 Å². The number of carboxylic acid groups (broad SMARTS) is 2. The summed E-state index contributed by atoms with van der Waals surface area (Å²) in [5, 5.41) is 20.0. The van der Waals surface area contributed by atoms with Gasteiger partial charge in [-0.2, -0.15) is 0 Å². The van der Waals surface area contributed by atoms with Crippen LogP contribution in [0.3, 0.4) is 0 Å². The standard InChI is InChI=1S/C18H20N2O8/c1-2-13(21)10-3-5-14-12(7-10)20(16(23)9-28-14)8-15(22)19-11(18(26)27)4-6-17(24)25/h3,5,7,11H,2,4,6,8-9H2,1H3,(H,19,22)(H,24,25)(H,26,27). The Bertz CT molecular complexity index is 820. The Morgan fingerprint density at radius 2 is 1.96 bits per heavy atom. The van der Waals surface area contributed by atoms with Gasteiger partial charge in [0, 0.05) is 18.4 Å². The van der Waals surface area contributed by atoms with Gasteiger partial charge in [0.15, 0.2) is 12.4 Å². The van der Waals surface area contributed by atoms with Gasteiger partial charge in [-0.25, -0.2) is 4.79 Å². The quantitative estimate of drug-likeness (QED) is 0.512. The van der Waals surface area contributed by atoms with Crippen molar-refractivity contribution in [2.24, 2.45) is 0 Å². The van der Waals surface area contributed by atoms with Crippen molar-refractivity contribution >= 4 is 35.2 Å². The van der Waals surface area contributed by atoms with Crippen molar-refractivity contribution in [2.45, 2.75) is 32.2 Å². The molecule has 1 atom stereocenters. The molecule has 0 spiro atoms. The lowest BCUT2D eigenvalue weighted by Crippen LogP contribution is -2.49. The molecule has 1 unspecified atom stereocenters. The summed E-state index contributed by atoms with van der Waals surface area (Å²) >= 11 is 0. The van der Waals surface area contributed by atoms with E-state index in [0.717, 1.165) is 4.90 Å². The average molecular weight is 392 g/mol. The van der Waals surface area contributed by atoms with E-state index in [4.69, 9.17) is 14.9 Å². The van der Waals surface area contributed by atoms with E-state index in [-0.39, 0.29) is 30.9 Å². The Balaban J connectivity index is 2.17. The number of ketones is 1. The lowest BCUT2D eigenvalue weighted by molar-refractivity contribution is -0.142. The summed E-state index contributed by atoms with van der Waals surface area (Å²) in [5.41, 5.74) is 0.595.